The highest BCUT2D eigenvalue weighted by atomic mass is 35.5. The van der Waals surface area contributed by atoms with Crippen LogP contribution in [0.2, 0.25) is 5.02 Å². The fraction of sp³-hybridized carbons (Fsp3) is 0.333. The third-order valence-corrected chi connectivity index (χ3v) is 3.35. The molecule has 0 fully saturated rings. The summed E-state index contributed by atoms with van der Waals surface area (Å²) in [5.74, 6) is 1.71. The van der Waals surface area contributed by atoms with E-state index in [1.54, 1.807) is 0 Å². The molecule has 0 radical (unpaired) electrons. The van der Waals surface area contributed by atoms with Gasteiger partial charge in [-0.05, 0) is 19.4 Å². The van der Waals surface area contributed by atoms with Gasteiger partial charge in [0.05, 0.1) is 5.56 Å². The Labute approximate surface area is 124 Å². The third-order valence-electron chi connectivity index (χ3n) is 2.98. The Kier molecular flexibility index (Phi) is 4.79. The molecule has 0 aliphatic rings. The Morgan fingerprint density at radius 2 is 2.00 bits per heavy atom. The lowest BCUT2D eigenvalue weighted by molar-refractivity contribution is 0.290. The molecule has 1 aromatic carbocycles. The molecule has 0 atom stereocenters. The second-order valence-electron chi connectivity index (χ2n) is 4.59. The van der Waals surface area contributed by atoms with E-state index in [1.807, 2.05) is 31.2 Å². The predicted octanol–water partition coefficient (Wildman–Crippen LogP) is 3.55. The lowest BCUT2D eigenvalue weighted by atomic mass is 10.2. The molecule has 0 aliphatic carbocycles. The summed E-state index contributed by atoms with van der Waals surface area (Å²) >= 11 is 6.11. The Hall–Kier alpha value is -1.81. The van der Waals surface area contributed by atoms with E-state index in [-0.39, 0.29) is 0 Å². The molecule has 0 saturated heterocycles. The highest BCUT2D eigenvalue weighted by molar-refractivity contribution is 6.31. The molecule has 2 rings (SSSR count). The molecule has 0 unspecified atom stereocenters. The molecular weight excluding hydrogens is 274 g/mol. The minimum atomic E-state index is 0.364. The number of hydrogen-bond acceptors (Lipinski definition) is 4. The van der Waals surface area contributed by atoms with Gasteiger partial charge in [0.2, 0.25) is 5.88 Å². The summed E-state index contributed by atoms with van der Waals surface area (Å²) in [7, 11) is 0. The first-order valence-electron chi connectivity index (χ1n) is 6.61. The van der Waals surface area contributed by atoms with Gasteiger partial charge in [-0.25, -0.2) is 4.98 Å². The second kappa shape index (κ2) is 6.57. The average molecular weight is 292 g/mol. The highest BCUT2D eigenvalue weighted by Gasteiger charge is 2.10. The monoisotopic (exact) mass is 291 g/mol. The second-order valence-corrected chi connectivity index (χ2v) is 4.99. The topological polar surface area (TPSA) is 61.0 Å². The predicted molar refractivity (Wildman–Crippen MR) is 81.0 cm³/mol. The SMILES string of the molecule is CCCc1nc(N)c(C)c(OCc2ccccc2Cl)n1. The average Bonchev–Trinajstić information content (AvgIpc) is 2.43. The maximum atomic E-state index is 6.11. The number of ether oxygens (including phenoxy) is 1. The van der Waals surface area contributed by atoms with Crippen molar-refractivity contribution in [2.24, 2.45) is 0 Å². The van der Waals surface area contributed by atoms with Crippen LogP contribution in [0.3, 0.4) is 0 Å². The van der Waals surface area contributed by atoms with E-state index in [0.717, 1.165) is 24.0 Å². The molecule has 4 nitrogen and oxygen atoms in total. The summed E-state index contributed by atoms with van der Waals surface area (Å²) in [6.07, 6.45) is 1.75. The van der Waals surface area contributed by atoms with Gasteiger partial charge in [0, 0.05) is 17.0 Å². The fourth-order valence-electron chi connectivity index (χ4n) is 1.80. The quantitative estimate of drug-likeness (QED) is 0.915. The lowest BCUT2D eigenvalue weighted by Crippen LogP contribution is -2.07. The van der Waals surface area contributed by atoms with Crippen molar-refractivity contribution in [3.63, 3.8) is 0 Å². The van der Waals surface area contributed by atoms with E-state index in [0.29, 0.717) is 29.2 Å². The van der Waals surface area contributed by atoms with Gasteiger partial charge < -0.3 is 10.5 Å². The van der Waals surface area contributed by atoms with Gasteiger partial charge in [-0.2, -0.15) is 4.98 Å². The molecule has 1 aromatic heterocycles. The molecule has 0 amide bonds. The van der Waals surface area contributed by atoms with E-state index < -0.39 is 0 Å². The number of anilines is 1. The van der Waals surface area contributed by atoms with Crippen LogP contribution in [-0.4, -0.2) is 9.97 Å². The van der Waals surface area contributed by atoms with Gasteiger partial charge in [0.15, 0.2) is 0 Å². The summed E-state index contributed by atoms with van der Waals surface area (Å²) in [5.41, 5.74) is 7.57. The number of nitrogen functional groups attached to an aromatic ring is 1. The molecule has 2 N–H and O–H groups in total. The number of nitrogens with two attached hydrogens (primary N) is 1. The van der Waals surface area contributed by atoms with Crippen molar-refractivity contribution in [3.05, 3.63) is 46.2 Å². The van der Waals surface area contributed by atoms with Crippen molar-refractivity contribution in [2.75, 3.05) is 5.73 Å². The molecular formula is C15H18ClN3O. The summed E-state index contributed by atoms with van der Waals surface area (Å²) in [6.45, 7) is 4.29. The van der Waals surface area contributed by atoms with Crippen molar-refractivity contribution in [3.8, 4) is 5.88 Å². The first-order chi connectivity index (χ1) is 9.61. The summed E-state index contributed by atoms with van der Waals surface area (Å²) in [6, 6.07) is 7.58. The number of hydrogen-bond donors (Lipinski definition) is 1. The van der Waals surface area contributed by atoms with Crippen molar-refractivity contribution in [2.45, 2.75) is 33.3 Å². The molecule has 1 heterocycles. The number of aromatic nitrogens is 2. The van der Waals surface area contributed by atoms with Crippen LogP contribution < -0.4 is 10.5 Å². The summed E-state index contributed by atoms with van der Waals surface area (Å²) < 4.78 is 5.76. The van der Waals surface area contributed by atoms with Crippen LogP contribution in [0.5, 0.6) is 5.88 Å². The van der Waals surface area contributed by atoms with Gasteiger partial charge in [-0.3, -0.25) is 0 Å². The molecule has 0 bridgehead atoms. The molecule has 20 heavy (non-hydrogen) atoms. The normalized spacial score (nSPS) is 10.6. The Bertz CT molecular complexity index is 602. The number of halogens is 1. The van der Waals surface area contributed by atoms with Gasteiger partial charge in [0.25, 0.3) is 0 Å². The van der Waals surface area contributed by atoms with Gasteiger partial charge in [-0.1, -0.05) is 36.7 Å². The van der Waals surface area contributed by atoms with E-state index in [9.17, 15) is 0 Å². The van der Waals surface area contributed by atoms with E-state index in [2.05, 4.69) is 16.9 Å². The van der Waals surface area contributed by atoms with Crippen LogP contribution in [0.15, 0.2) is 24.3 Å². The first-order valence-corrected chi connectivity index (χ1v) is 6.98. The molecule has 0 spiro atoms. The van der Waals surface area contributed by atoms with E-state index >= 15 is 0 Å². The number of aryl methyl sites for hydroxylation is 1. The number of nitrogens with zero attached hydrogens (tertiary/aromatic N) is 2. The zero-order valence-corrected chi connectivity index (χ0v) is 12.4. The molecule has 2 aromatic rings. The van der Waals surface area contributed by atoms with Gasteiger partial charge in [-0.15, -0.1) is 0 Å². The maximum absolute atomic E-state index is 6.11. The Balaban J connectivity index is 2.18. The van der Waals surface area contributed by atoms with E-state index in [4.69, 9.17) is 22.1 Å². The first kappa shape index (κ1) is 14.6. The van der Waals surface area contributed by atoms with Crippen molar-refractivity contribution in [1.29, 1.82) is 0 Å². The van der Waals surface area contributed by atoms with Crippen LogP contribution >= 0.6 is 11.6 Å². The molecule has 0 aliphatic heterocycles. The summed E-state index contributed by atoms with van der Waals surface area (Å²) in [5, 5.41) is 0.681. The minimum Gasteiger partial charge on any atom is -0.472 e. The number of benzene rings is 1. The van der Waals surface area contributed by atoms with Crippen LogP contribution in [0.25, 0.3) is 0 Å². The zero-order valence-electron chi connectivity index (χ0n) is 11.7. The standard InChI is InChI=1S/C15H18ClN3O/c1-3-6-13-18-14(17)10(2)15(19-13)20-9-11-7-4-5-8-12(11)16/h4-5,7-8H,3,6,9H2,1-2H3,(H2,17,18,19). The number of rotatable bonds is 5. The smallest absolute Gasteiger partial charge is 0.222 e. The lowest BCUT2D eigenvalue weighted by Gasteiger charge is -2.11. The van der Waals surface area contributed by atoms with Crippen LogP contribution in [0, 0.1) is 6.92 Å². The van der Waals surface area contributed by atoms with Gasteiger partial charge >= 0.3 is 0 Å². The van der Waals surface area contributed by atoms with Crippen molar-refractivity contribution in [1.82, 2.24) is 9.97 Å². The maximum Gasteiger partial charge on any atom is 0.222 e. The van der Waals surface area contributed by atoms with Crippen molar-refractivity contribution < 1.29 is 4.74 Å². The largest absolute Gasteiger partial charge is 0.472 e. The van der Waals surface area contributed by atoms with Crippen molar-refractivity contribution >= 4 is 17.4 Å². The van der Waals surface area contributed by atoms with Crippen LogP contribution in [0.4, 0.5) is 5.82 Å². The molecule has 0 saturated carbocycles. The van der Waals surface area contributed by atoms with Crippen LogP contribution in [0.1, 0.15) is 30.3 Å². The molecule has 106 valence electrons. The Morgan fingerprint density at radius 1 is 1.25 bits per heavy atom. The minimum absolute atomic E-state index is 0.364. The molecule has 5 heteroatoms. The van der Waals surface area contributed by atoms with Crippen LogP contribution in [-0.2, 0) is 13.0 Å². The summed E-state index contributed by atoms with van der Waals surface area (Å²) in [4.78, 5) is 8.67. The van der Waals surface area contributed by atoms with Gasteiger partial charge in [0.1, 0.15) is 18.2 Å². The highest BCUT2D eigenvalue weighted by Crippen LogP contribution is 2.23. The zero-order chi connectivity index (χ0) is 14.5. The fourth-order valence-corrected chi connectivity index (χ4v) is 1.99. The third kappa shape index (κ3) is 3.39. The Morgan fingerprint density at radius 3 is 2.70 bits per heavy atom. The van der Waals surface area contributed by atoms with E-state index in [1.165, 1.54) is 0 Å².